The van der Waals surface area contributed by atoms with Crippen LogP contribution in [0.15, 0.2) is 36.4 Å². The van der Waals surface area contributed by atoms with Crippen molar-refractivity contribution >= 4 is 23.5 Å². The number of aromatic carboxylic acids is 1. The maximum absolute atomic E-state index is 13.7. The zero-order chi connectivity index (χ0) is 15.6. The van der Waals surface area contributed by atoms with Gasteiger partial charge in [0, 0.05) is 10.6 Å². The van der Waals surface area contributed by atoms with E-state index in [-0.39, 0.29) is 5.56 Å². The molecule has 0 aliphatic heterocycles. The summed E-state index contributed by atoms with van der Waals surface area (Å²) in [6.45, 7) is 0. The lowest BCUT2D eigenvalue weighted by molar-refractivity contribution is 0.0599. The number of benzene rings is 2. The van der Waals surface area contributed by atoms with E-state index in [0.717, 1.165) is 12.1 Å². The van der Waals surface area contributed by atoms with Gasteiger partial charge in [0.05, 0.1) is 18.2 Å². The Bertz CT molecular complexity index is 728. The molecule has 1 N–H and O–H groups in total. The van der Waals surface area contributed by atoms with Crippen LogP contribution in [0.4, 0.5) is 4.39 Å². The van der Waals surface area contributed by atoms with Crippen LogP contribution in [0.5, 0.6) is 0 Å². The molecule has 108 valence electrons. The van der Waals surface area contributed by atoms with Gasteiger partial charge in [-0.3, -0.25) is 0 Å². The highest BCUT2D eigenvalue weighted by Crippen LogP contribution is 2.30. The van der Waals surface area contributed by atoms with Crippen molar-refractivity contribution in [3.8, 4) is 11.1 Å². The smallest absolute Gasteiger partial charge is 0.338 e. The van der Waals surface area contributed by atoms with Crippen molar-refractivity contribution in [1.29, 1.82) is 0 Å². The number of hydrogen-bond donors (Lipinski definition) is 1. The van der Waals surface area contributed by atoms with Crippen molar-refractivity contribution in [2.24, 2.45) is 0 Å². The molecule has 0 bridgehead atoms. The van der Waals surface area contributed by atoms with E-state index in [1.54, 1.807) is 0 Å². The van der Waals surface area contributed by atoms with Crippen LogP contribution in [0.25, 0.3) is 11.1 Å². The van der Waals surface area contributed by atoms with Crippen molar-refractivity contribution in [2.45, 2.75) is 0 Å². The van der Waals surface area contributed by atoms with Crippen molar-refractivity contribution in [3.63, 3.8) is 0 Å². The number of carbonyl (C=O) groups is 2. The van der Waals surface area contributed by atoms with E-state index in [1.165, 1.54) is 31.4 Å². The minimum atomic E-state index is -1.35. The molecule has 0 amide bonds. The number of carboxylic acids is 1. The van der Waals surface area contributed by atoms with Gasteiger partial charge >= 0.3 is 11.9 Å². The van der Waals surface area contributed by atoms with E-state index in [0.29, 0.717) is 16.1 Å². The second kappa shape index (κ2) is 5.93. The Morgan fingerprint density at radius 2 is 1.90 bits per heavy atom. The SMILES string of the molecule is COC(=O)c1ccc(Cl)c(-c2ccc(C(=O)O)c(F)c2)c1. The van der Waals surface area contributed by atoms with Crippen molar-refractivity contribution < 1.29 is 23.8 Å². The summed E-state index contributed by atoms with van der Waals surface area (Å²) in [4.78, 5) is 22.3. The fraction of sp³-hybridized carbons (Fsp3) is 0.0667. The van der Waals surface area contributed by atoms with Crippen LogP contribution >= 0.6 is 11.6 Å². The highest BCUT2D eigenvalue weighted by molar-refractivity contribution is 6.33. The van der Waals surface area contributed by atoms with Crippen molar-refractivity contribution in [1.82, 2.24) is 0 Å². The zero-order valence-electron chi connectivity index (χ0n) is 10.9. The van der Waals surface area contributed by atoms with Gasteiger partial charge in [-0.1, -0.05) is 17.7 Å². The number of carboxylic acid groups (broad SMARTS) is 1. The second-order valence-corrected chi connectivity index (χ2v) is 4.59. The number of esters is 1. The first-order chi connectivity index (χ1) is 9.93. The van der Waals surface area contributed by atoms with Crippen LogP contribution in [0.1, 0.15) is 20.7 Å². The molecule has 0 aliphatic rings. The molecular weight excluding hydrogens is 299 g/mol. The van der Waals surface area contributed by atoms with E-state index >= 15 is 0 Å². The lowest BCUT2D eigenvalue weighted by Gasteiger charge is -2.08. The number of methoxy groups -OCH3 is 1. The van der Waals surface area contributed by atoms with Crippen LogP contribution < -0.4 is 0 Å². The van der Waals surface area contributed by atoms with Gasteiger partial charge < -0.3 is 9.84 Å². The molecule has 0 fully saturated rings. The Kier molecular flexibility index (Phi) is 4.23. The third kappa shape index (κ3) is 3.03. The van der Waals surface area contributed by atoms with Gasteiger partial charge in [-0.2, -0.15) is 0 Å². The number of ether oxygens (including phenoxy) is 1. The average molecular weight is 309 g/mol. The van der Waals surface area contributed by atoms with Gasteiger partial charge in [0.15, 0.2) is 0 Å². The van der Waals surface area contributed by atoms with E-state index in [2.05, 4.69) is 4.74 Å². The van der Waals surface area contributed by atoms with E-state index in [1.807, 2.05) is 0 Å². The molecular formula is C15H10ClFO4. The highest BCUT2D eigenvalue weighted by Gasteiger charge is 2.14. The molecule has 2 aromatic rings. The fourth-order valence-electron chi connectivity index (χ4n) is 1.85. The predicted molar refractivity (Wildman–Crippen MR) is 75.1 cm³/mol. The van der Waals surface area contributed by atoms with Crippen LogP contribution in [-0.4, -0.2) is 24.2 Å². The lowest BCUT2D eigenvalue weighted by atomic mass is 10.0. The maximum Gasteiger partial charge on any atom is 0.338 e. The summed E-state index contributed by atoms with van der Waals surface area (Å²) in [5.74, 6) is -2.77. The molecule has 21 heavy (non-hydrogen) atoms. The Morgan fingerprint density at radius 1 is 1.19 bits per heavy atom. The van der Waals surface area contributed by atoms with Crippen LogP contribution in [0.2, 0.25) is 5.02 Å². The monoisotopic (exact) mass is 308 g/mol. The Hall–Kier alpha value is -2.40. The van der Waals surface area contributed by atoms with E-state index < -0.39 is 23.3 Å². The first-order valence-corrected chi connectivity index (χ1v) is 6.23. The maximum atomic E-state index is 13.7. The van der Waals surface area contributed by atoms with Crippen molar-refractivity contribution in [3.05, 3.63) is 58.4 Å². The molecule has 0 radical (unpaired) electrons. The topological polar surface area (TPSA) is 63.6 Å². The minimum Gasteiger partial charge on any atom is -0.478 e. The van der Waals surface area contributed by atoms with Gasteiger partial charge in [0.2, 0.25) is 0 Å². The molecule has 0 heterocycles. The molecule has 4 nitrogen and oxygen atoms in total. The van der Waals surface area contributed by atoms with Gasteiger partial charge in [-0.15, -0.1) is 0 Å². The third-order valence-corrected chi connectivity index (χ3v) is 3.23. The Morgan fingerprint density at radius 3 is 2.48 bits per heavy atom. The lowest BCUT2D eigenvalue weighted by Crippen LogP contribution is -2.02. The normalized spacial score (nSPS) is 10.2. The minimum absolute atomic E-state index is 0.264. The second-order valence-electron chi connectivity index (χ2n) is 4.19. The predicted octanol–water partition coefficient (Wildman–Crippen LogP) is 3.63. The van der Waals surface area contributed by atoms with Crippen molar-refractivity contribution in [2.75, 3.05) is 7.11 Å². The average Bonchev–Trinajstić information content (AvgIpc) is 2.46. The molecule has 0 aromatic heterocycles. The largest absolute Gasteiger partial charge is 0.478 e. The summed E-state index contributed by atoms with van der Waals surface area (Å²) in [7, 11) is 1.25. The number of halogens is 2. The standard InChI is InChI=1S/C15H10ClFO4/c1-21-15(20)9-3-5-12(16)11(6-9)8-2-4-10(14(18)19)13(17)7-8/h2-7H,1H3,(H,18,19). The number of hydrogen-bond acceptors (Lipinski definition) is 3. The van der Waals surface area contributed by atoms with E-state index in [9.17, 15) is 14.0 Å². The number of carbonyl (C=O) groups excluding carboxylic acids is 1. The molecule has 2 rings (SSSR count). The zero-order valence-corrected chi connectivity index (χ0v) is 11.6. The van der Waals surface area contributed by atoms with E-state index in [4.69, 9.17) is 16.7 Å². The molecule has 0 spiro atoms. The third-order valence-electron chi connectivity index (χ3n) is 2.90. The highest BCUT2D eigenvalue weighted by atomic mass is 35.5. The molecule has 6 heteroatoms. The van der Waals surface area contributed by atoms with Crippen LogP contribution in [0, 0.1) is 5.82 Å². The molecule has 0 aliphatic carbocycles. The van der Waals surface area contributed by atoms with Gasteiger partial charge in [-0.05, 0) is 35.9 Å². The van der Waals surface area contributed by atoms with Gasteiger partial charge in [0.25, 0.3) is 0 Å². The quantitative estimate of drug-likeness (QED) is 0.879. The Balaban J connectivity index is 2.53. The summed E-state index contributed by atoms with van der Waals surface area (Å²) in [6.07, 6.45) is 0. The fourth-order valence-corrected chi connectivity index (χ4v) is 2.07. The summed E-state index contributed by atoms with van der Waals surface area (Å²) in [6, 6.07) is 8.07. The first kappa shape index (κ1) is 15.0. The molecule has 0 unspecified atom stereocenters. The summed E-state index contributed by atoms with van der Waals surface area (Å²) < 4.78 is 18.3. The van der Waals surface area contributed by atoms with Gasteiger partial charge in [0.1, 0.15) is 5.82 Å². The molecule has 0 atom stereocenters. The van der Waals surface area contributed by atoms with Gasteiger partial charge in [-0.25, -0.2) is 14.0 Å². The van der Waals surface area contributed by atoms with Crippen LogP contribution in [-0.2, 0) is 4.74 Å². The molecule has 0 saturated heterocycles. The molecule has 0 saturated carbocycles. The summed E-state index contributed by atoms with van der Waals surface area (Å²) in [5.41, 5.74) is 0.613. The Labute approximate surface area is 124 Å². The van der Waals surface area contributed by atoms with Crippen LogP contribution in [0.3, 0.4) is 0 Å². The first-order valence-electron chi connectivity index (χ1n) is 5.85. The summed E-state index contributed by atoms with van der Waals surface area (Å²) >= 11 is 6.04. The number of rotatable bonds is 3. The molecule has 2 aromatic carbocycles. The summed E-state index contributed by atoms with van der Waals surface area (Å²) in [5, 5.41) is 9.11.